The van der Waals surface area contributed by atoms with Crippen molar-refractivity contribution in [2.45, 2.75) is 0 Å². The largest absolute Gasteiger partial charge is 0.490 e. The van der Waals surface area contributed by atoms with Gasteiger partial charge in [-0.25, -0.2) is 0 Å². The Labute approximate surface area is 141 Å². The van der Waals surface area contributed by atoms with E-state index in [-0.39, 0.29) is 5.91 Å². The minimum absolute atomic E-state index is 0.175. The Morgan fingerprint density at radius 3 is 2.81 bits per heavy atom. The molecule has 2 rings (SSSR count). The zero-order valence-corrected chi connectivity index (χ0v) is 14.0. The van der Waals surface area contributed by atoms with Crippen molar-refractivity contribution >= 4 is 45.8 Å². The number of halogens is 2. The summed E-state index contributed by atoms with van der Waals surface area (Å²) in [6.45, 7) is 0.729. The highest BCUT2D eigenvalue weighted by Gasteiger charge is 2.10. The van der Waals surface area contributed by atoms with Crippen LogP contribution in [-0.2, 0) is 0 Å². The van der Waals surface area contributed by atoms with Gasteiger partial charge in [0.15, 0.2) is 0 Å². The van der Waals surface area contributed by atoms with Crippen molar-refractivity contribution in [3.8, 4) is 5.75 Å². The molecule has 1 amide bonds. The van der Waals surface area contributed by atoms with Crippen LogP contribution in [0.5, 0.6) is 5.75 Å². The molecule has 2 aromatic rings. The van der Waals surface area contributed by atoms with Gasteiger partial charge in [-0.05, 0) is 52.9 Å². The van der Waals surface area contributed by atoms with Gasteiger partial charge in [0, 0.05) is 8.59 Å². The molecule has 0 fully saturated rings. The highest BCUT2D eigenvalue weighted by atomic mass is 127. The van der Waals surface area contributed by atoms with Crippen LogP contribution in [0, 0.1) is 3.57 Å². The second-order valence-corrected chi connectivity index (χ2v) is 5.86. The van der Waals surface area contributed by atoms with Crippen molar-refractivity contribution in [2.24, 2.45) is 0 Å². The number of anilines is 1. The summed E-state index contributed by atoms with van der Waals surface area (Å²) in [6, 6.07) is 12.4. The summed E-state index contributed by atoms with van der Waals surface area (Å²) in [6.07, 6.45) is 0. The molecule has 0 aliphatic heterocycles. The number of nitrogens with one attached hydrogen (secondary N) is 1. The van der Waals surface area contributed by atoms with E-state index in [0.29, 0.717) is 35.2 Å². The smallest absolute Gasteiger partial charge is 0.252 e. The molecule has 21 heavy (non-hydrogen) atoms. The molecule has 4 nitrogen and oxygen atoms in total. The zero-order valence-electron chi connectivity index (χ0n) is 11.1. The predicted octanol–water partition coefficient (Wildman–Crippen LogP) is 3.34. The highest BCUT2D eigenvalue weighted by molar-refractivity contribution is 14.1. The first-order valence-corrected chi connectivity index (χ1v) is 7.74. The molecule has 0 bridgehead atoms. The molecular formula is C15H14ClIN2O2. The maximum absolute atomic E-state index is 12.0. The summed E-state index contributed by atoms with van der Waals surface area (Å²) < 4.78 is 6.36. The van der Waals surface area contributed by atoms with Crippen molar-refractivity contribution in [1.29, 1.82) is 0 Å². The molecule has 3 N–H and O–H groups in total. The Balaban J connectivity index is 1.85. The van der Waals surface area contributed by atoms with Crippen LogP contribution >= 0.6 is 34.2 Å². The maximum atomic E-state index is 12.0. The molecule has 0 atom stereocenters. The molecule has 0 heterocycles. The molecule has 0 aliphatic rings. The lowest BCUT2D eigenvalue weighted by Gasteiger charge is -2.10. The number of hydrogen-bond donors (Lipinski definition) is 2. The van der Waals surface area contributed by atoms with Gasteiger partial charge in [0.05, 0.1) is 17.8 Å². The van der Waals surface area contributed by atoms with E-state index in [2.05, 4.69) is 27.9 Å². The number of nitrogens with two attached hydrogens (primary N) is 1. The molecular weight excluding hydrogens is 403 g/mol. The molecule has 6 heteroatoms. The average Bonchev–Trinajstić information content (AvgIpc) is 2.47. The van der Waals surface area contributed by atoms with Crippen molar-refractivity contribution in [2.75, 3.05) is 18.9 Å². The number of nitrogen functional groups attached to an aromatic ring is 1. The standard InChI is InChI=1S/C15H14ClIN2O2/c16-10-5-6-12(17)11(9-10)15(20)19-7-8-21-14-4-2-1-3-13(14)18/h1-6,9H,7-8,18H2,(H,19,20). The van der Waals surface area contributed by atoms with E-state index in [4.69, 9.17) is 22.1 Å². The molecule has 0 aromatic heterocycles. The van der Waals surface area contributed by atoms with E-state index >= 15 is 0 Å². The van der Waals surface area contributed by atoms with Gasteiger partial charge in [-0.3, -0.25) is 4.79 Å². The lowest BCUT2D eigenvalue weighted by atomic mass is 10.2. The first-order chi connectivity index (χ1) is 10.1. The molecule has 0 saturated heterocycles. The Hall–Kier alpha value is -1.47. The van der Waals surface area contributed by atoms with Crippen molar-refractivity contribution < 1.29 is 9.53 Å². The maximum Gasteiger partial charge on any atom is 0.252 e. The van der Waals surface area contributed by atoms with Crippen molar-refractivity contribution in [3.63, 3.8) is 0 Å². The van der Waals surface area contributed by atoms with Crippen LogP contribution in [0.15, 0.2) is 42.5 Å². The van der Waals surface area contributed by atoms with E-state index in [1.54, 1.807) is 30.3 Å². The fourth-order valence-electron chi connectivity index (χ4n) is 1.70. The number of rotatable bonds is 5. The minimum Gasteiger partial charge on any atom is -0.490 e. The number of hydrogen-bond acceptors (Lipinski definition) is 3. The van der Waals surface area contributed by atoms with Gasteiger partial charge in [-0.1, -0.05) is 23.7 Å². The third kappa shape index (κ3) is 4.50. The third-order valence-corrected chi connectivity index (χ3v) is 3.91. The molecule has 0 spiro atoms. The molecule has 0 saturated carbocycles. The van der Waals surface area contributed by atoms with E-state index in [0.717, 1.165) is 3.57 Å². The predicted molar refractivity (Wildman–Crippen MR) is 92.9 cm³/mol. The molecule has 2 aromatic carbocycles. The lowest BCUT2D eigenvalue weighted by molar-refractivity contribution is 0.0946. The quantitative estimate of drug-likeness (QED) is 0.446. The van der Waals surface area contributed by atoms with E-state index < -0.39 is 0 Å². The molecule has 0 radical (unpaired) electrons. The first kappa shape index (κ1) is 15.9. The van der Waals surface area contributed by atoms with Crippen LogP contribution in [0.2, 0.25) is 5.02 Å². The third-order valence-electron chi connectivity index (χ3n) is 2.74. The summed E-state index contributed by atoms with van der Waals surface area (Å²) in [5, 5.41) is 3.32. The number of amides is 1. The van der Waals surface area contributed by atoms with Crippen LogP contribution < -0.4 is 15.8 Å². The zero-order chi connectivity index (χ0) is 15.2. The van der Waals surface area contributed by atoms with Gasteiger partial charge in [0.2, 0.25) is 0 Å². The fraction of sp³-hybridized carbons (Fsp3) is 0.133. The summed E-state index contributed by atoms with van der Waals surface area (Å²) in [5.41, 5.74) is 6.90. The van der Waals surface area contributed by atoms with Crippen LogP contribution in [0.4, 0.5) is 5.69 Å². The van der Waals surface area contributed by atoms with Crippen LogP contribution in [-0.4, -0.2) is 19.1 Å². The van der Waals surface area contributed by atoms with Crippen molar-refractivity contribution in [3.05, 3.63) is 56.6 Å². The van der Waals surface area contributed by atoms with Gasteiger partial charge >= 0.3 is 0 Å². The van der Waals surface area contributed by atoms with Gasteiger partial charge in [-0.15, -0.1) is 0 Å². The van der Waals surface area contributed by atoms with Crippen molar-refractivity contribution in [1.82, 2.24) is 5.32 Å². The van der Waals surface area contributed by atoms with Gasteiger partial charge in [-0.2, -0.15) is 0 Å². The number of ether oxygens (including phenoxy) is 1. The summed E-state index contributed by atoms with van der Waals surface area (Å²) in [5.74, 6) is 0.440. The van der Waals surface area contributed by atoms with Gasteiger partial charge < -0.3 is 15.8 Å². The number of carbonyl (C=O) groups is 1. The minimum atomic E-state index is -0.175. The second-order valence-electron chi connectivity index (χ2n) is 4.27. The van der Waals surface area contributed by atoms with Gasteiger partial charge in [0.1, 0.15) is 12.4 Å². The number of carbonyl (C=O) groups excluding carboxylic acids is 1. The summed E-state index contributed by atoms with van der Waals surface area (Å²) in [7, 11) is 0. The number of para-hydroxylation sites is 2. The molecule has 0 aliphatic carbocycles. The topological polar surface area (TPSA) is 64.3 Å². The Bertz CT molecular complexity index is 649. The summed E-state index contributed by atoms with van der Waals surface area (Å²) in [4.78, 5) is 12.0. The van der Waals surface area contributed by atoms with E-state index in [9.17, 15) is 4.79 Å². The normalized spacial score (nSPS) is 10.2. The summed E-state index contributed by atoms with van der Waals surface area (Å²) >= 11 is 8.00. The van der Waals surface area contributed by atoms with Gasteiger partial charge in [0.25, 0.3) is 5.91 Å². The van der Waals surface area contributed by atoms with Crippen LogP contribution in [0.25, 0.3) is 0 Å². The molecule has 110 valence electrons. The lowest BCUT2D eigenvalue weighted by Crippen LogP contribution is -2.28. The Kier molecular flexibility index (Phi) is 5.69. The second kappa shape index (κ2) is 7.51. The highest BCUT2D eigenvalue weighted by Crippen LogP contribution is 2.19. The SMILES string of the molecule is Nc1ccccc1OCCNC(=O)c1cc(Cl)ccc1I. The average molecular weight is 417 g/mol. The fourth-order valence-corrected chi connectivity index (χ4v) is 2.46. The first-order valence-electron chi connectivity index (χ1n) is 6.28. The Morgan fingerprint density at radius 2 is 2.05 bits per heavy atom. The number of benzene rings is 2. The van der Waals surface area contributed by atoms with E-state index in [1.165, 1.54) is 0 Å². The van der Waals surface area contributed by atoms with E-state index in [1.807, 2.05) is 12.1 Å². The Morgan fingerprint density at radius 1 is 1.29 bits per heavy atom. The molecule has 0 unspecified atom stereocenters. The van der Waals surface area contributed by atoms with Crippen LogP contribution in [0.3, 0.4) is 0 Å². The van der Waals surface area contributed by atoms with Crippen LogP contribution in [0.1, 0.15) is 10.4 Å². The monoisotopic (exact) mass is 416 g/mol.